The summed E-state index contributed by atoms with van der Waals surface area (Å²) in [6, 6.07) is 0. The van der Waals surface area contributed by atoms with Crippen LogP contribution in [0.5, 0.6) is 0 Å². The van der Waals surface area contributed by atoms with Gasteiger partial charge in [0.15, 0.2) is 0 Å². The zero-order valence-corrected chi connectivity index (χ0v) is 6.27. The quantitative estimate of drug-likeness (QED) is 0.600. The van der Waals surface area contributed by atoms with Crippen LogP contribution in [0, 0.1) is 0 Å². The summed E-state index contributed by atoms with van der Waals surface area (Å²) in [4.78, 5) is 0. The lowest BCUT2D eigenvalue weighted by Gasteiger charge is -1.92. The van der Waals surface area contributed by atoms with Crippen LogP contribution in [0.1, 0.15) is 25.7 Å². The molecule has 0 bridgehead atoms. The van der Waals surface area contributed by atoms with Gasteiger partial charge < -0.3 is 0 Å². The van der Waals surface area contributed by atoms with Gasteiger partial charge in [0, 0.05) is 5.71 Å². The first-order valence-electron chi connectivity index (χ1n) is 3.86. The van der Waals surface area contributed by atoms with E-state index < -0.39 is 0 Å². The Labute approximate surface area is 64.9 Å². The fraction of sp³-hybridized carbons (Fsp3) is 0.571. The topological polar surface area (TPSA) is 43.1 Å². The zero-order chi connectivity index (χ0) is 7.52. The first-order chi connectivity index (χ1) is 5.45. The molecule has 1 heterocycles. The molecule has 0 saturated heterocycles. The third-order valence-corrected chi connectivity index (χ3v) is 1.84. The van der Waals surface area contributed by atoms with Gasteiger partial charge in [-0.2, -0.15) is 5.10 Å². The number of hydrogen-bond acceptors (Lipinski definition) is 3. The van der Waals surface area contributed by atoms with E-state index in [9.17, 15) is 0 Å². The molecule has 4 nitrogen and oxygen atoms in total. The minimum atomic E-state index is 1.14. The Balaban J connectivity index is 2.13. The van der Waals surface area contributed by atoms with Gasteiger partial charge in [0.25, 0.3) is 0 Å². The molecular formula is C7H10N4. The Morgan fingerprint density at radius 3 is 2.45 bits per heavy atom. The van der Waals surface area contributed by atoms with Gasteiger partial charge in [0.1, 0.15) is 12.7 Å². The molecule has 58 valence electrons. The highest BCUT2D eigenvalue weighted by Crippen LogP contribution is 2.14. The molecule has 0 radical (unpaired) electrons. The van der Waals surface area contributed by atoms with E-state index in [1.54, 1.807) is 17.3 Å². The molecule has 1 fully saturated rings. The molecule has 1 aliphatic rings. The molecule has 1 aromatic heterocycles. The molecule has 0 aliphatic heterocycles. The number of rotatable bonds is 1. The van der Waals surface area contributed by atoms with Crippen LogP contribution >= 0.6 is 0 Å². The largest absolute Gasteiger partial charge is 0.208 e. The van der Waals surface area contributed by atoms with E-state index in [4.69, 9.17) is 0 Å². The normalized spacial score (nSPS) is 17.3. The van der Waals surface area contributed by atoms with Crippen molar-refractivity contribution >= 4 is 5.71 Å². The van der Waals surface area contributed by atoms with E-state index in [1.807, 2.05) is 0 Å². The smallest absolute Gasteiger partial charge is 0.141 e. The highest BCUT2D eigenvalue weighted by molar-refractivity contribution is 5.85. The highest BCUT2D eigenvalue weighted by Gasteiger charge is 2.07. The second-order valence-electron chi connectivity index (χ2n) is 2.72. The SMILES string of the molecule is c1nncn1N=C1CCCC1. The summed E-state index contributed by atoms with van der Waals surface area (Å²) >= 11 is 0. The minimum absolute atomic E-state index is 1.14. The first-order valence-corrected chi connectivity index (χ1v) is 3.86. The van der Waals surface area contributed by atoms with Crippen LogP contribution in [0.4, 0.5) is 0 Å². The molecule has 0 spiro atoms. The van der Waals surface area contributed by atoms with Crippen molar-refractivity contribution in [1.82, 2.24) is 14.9 Å². The summed E-state index contributed by atoms with van der Waals surface area (Å²) in [5.74, 6) is 0. The standard InChI is InChI=1S/C7H10N4/c1-2-4-7(3-1)10-11-5-8-9-6-11/h5-6H,1-4H2. The fourth-order valence-corrected chi connectivity index (χ4v) is 1.29. The van der Waals surface area contributed by atoms with Crippen LogP contribution in [0.3, 0.4) is 0 Å². The Bertz CT molecular complexity index is 241. The van der Waals surface area contributed by atoms with Gasteiger partial charge in [-0.05, 0) is 25.7 Å². The van der Waals surface area contributed by atoms with Crippen molar-refractivity contribution in [1.29, 1.82) is 0 Å². The van der Waals surface area contributed by atoms with Gasteiger partial charge in [0.2, 0.25) is 0 Å². The van der Waals surface area contributed by atoms with Gasteiger partial charge in [-0.25, -0.2) is 4.68 Å². The van der Waals surface area contributed by atoms with Gasteiger partial charge in [-0.15, -0.1) is 10.2 Å². The van der Waals surface area contributed by atoms with Gasteiger partial charge >= 0.3 is 0 Å². The van der Waals surface area contributed by atoms with Crippen molar-refractivity contribution in [2.45, 2.75) is 25.7 Å². The lowest BCUT2D eigenvalue weighted by Crippen LogP contribution is -1.93. The van der Waals surface area contributed by atoms with Gasteiger partial charge in [-0.3, -0.25) is 0 Å². The Morgan fingerprint density at radius 1 is 1.18 bits per heavy atom. The highest BCUT2D eigenvalue weighted by atomic mass is 15.4. The van der Waals surface area contributed by atoms with E-state index in [-0.39, 0.29) is 0 Å². The third-order valence-electron chi connectivity index (χ3n) is 1.84. The van der Waals surface area contributed by atoms with Crippen LogP contribution in [0.15, 0.2) is 17.8 Å². The van der Waals surface area contributed by atoms with Crippen molar-refractivity contribution in [3.05, 3.63) is 12.7 Å². The lowest BCUT2D eigenvalue weighted by molar-refractivity contribution is 0.862. The molecule has 1 saturated carbocycles. The van der Waals surface area contributed by atoms with E-state index in [1.165, 1.54) is 18.6 Å². The maximum absolute atomic E-state index is 4.33. The number of hydrogen-bond donors (Lipinski definition) is 0. The van der Waals surface area contributed by atoms with E-state index in [0.29, 0.717) is 0 Å². The predicted octanol–water partition coefficient (Wildman–Crippen LogP) is 1.06. The molecule has 0 unspecified atom stereocenters. The summed E-state index contributed by atoms with van der Waals surface area (Å²) in [6.07, 6.45) is 8.06. The van der Waals surface area contributed by atoms with Crippen molar-refractivity contribution < 1.29 is 0 Å². The second kappa shape index (κ2) is 2.82. The molecule has 0 atom stereocenters. The molecule has 0 aromatic carbocycles. The molecule has 0 amide bonds. The van der Waals surface area contributed by atoms with Crippen molar-refractivity contribution in [3.63, 3.8) is 0 Å². The zero-order valence-electron chi connectivity index (χ0n) is 6.27. The Morgan fingerprint density at radius 2 is 1.82 bits per heavy atom. The van der Waals surface area contributed by atoms with Gasteiger partial charge in [0.05, 0.1) is 0 Å². The van der Waals surface area contributed by atoms with Crippen LogP contribution < -0.4 is 0 Å². The summed E-state index contributed by atoms with van der Waals surface area (Å²) in [5.41, 5.74) is 1.27. The average molecular weight is 150 g/mol. The van der Waals surface area contributed by atoms with E-state index in [2.05, 4.69) is 15.3 Å². The molecule has 4 heteroatoms. The maximum atomic E-state index is 4.33. The van der Waals surface area contributed by atoms with Crippen LogP contribution in [-0.2, 0) is 0 Å². The van der Waals surface area contributed by atoms with Crippen molar-refractivity contribution in [2.24, 2.45) is 5.10 Å². The predicted molar refractivity (Wildman–Crippen MR) is 41.3 cm³/mol. The first kappa shape index (κ1) is 6.52. The molecule has 0 N–H and O–H groups in total. The van der Waals surface area contributed by atoms with Gasteiger partial charge in [-0.1, -0.05) is 0 Å². The Hall–Kier alpha value is -1.19. The number of nitrogens with zero attached hydrogens (tertiary/aromatic N) is 4. The van der Waals surface area contributed by atoms with E-state index in [0.717, 1.165) is 12.8 Å². The third kappa shape index (κ3) is 1.45. The van der Waals surface area contributed by atoms with Crippen LogP contribution in [0.25, 0.3) is 0 Å². The molecular weight excluding hydrogens is 140 g/mol. The minimum Gasteiger partial charge on any atom is -0.208 e. The Kier molecular flexibility index (Phi) is 1.67. The molecule has 11 heavy (non-hydrogen) atoms. The average Bonchev–Trinajstić information content (AvgIpc) is 2.60. The molecule has 1 aromatic rings. The second-order valence-corrected chi connectivity index (χ2v) is 2.72. The van der Waals surface area contributed by atoms with Crippen molar-refractivity contribution in [3.8, 4) is 0 Å². The summed E-state index contributed by atoms with van der Waals surface area (Å²) in [5, 5.41) is 11.7. The van der Waals surface area contributed by atoms with Crippen molar-refractivity contribution in [2.75, 3.05) is 0 Å². The monoisotopic (exact) mass is 150 g/mol. The summed E-state index contributed by atoms with van der Waals surface area (Å²) in [7, 11) is 0. The maximum Gasteiger partial charge on any atom is 0.141 e. The summed E-state index contributed by atoms with van der Waals surface area (Å²) < 4.78 is 1.67. The van der Waals surface area contributed by atoms with E-state index >= 15 is 0 Å². The van der Waals surface area contributed by atoms with Crippen LogP contribution in [-0.4, -0.2) is 20.6 Å². The lowest BCUT2D eigenvalue weighted by atomic mass is 10.3. The molecule has 2 rings (SSSR count). The van der Waals surface area contributed by atoms with Crippen LogP contribution in [0.2, 0.25) is 0 Å². The fourth-order valence-electron chi connectivity index (χ4n) is 1.29. The molecule has 1 aliphatic carbocycles. The number of aromatic nitrogens is 3. The summed E-state index contributed by atoms with van der Waals surface area (Å²) in [6.45, 7) is 0.